The molecule has 15 heavy (non-hydrogen) atoms. The molecule has 0 bridgehead atoms. The zero-order valence-corrected chi connectivity index (χ0v) is 8.37. The van der Waals surface area contributed by atoms with Crippen molar-refractivity contribution in [1.82, 2.24) is 19.7 Å². The molecule has 0 saturated heterocycles. The number of nitrogens with zero attached hydrogens (tertiary/aromatic N) is 3. The molecule has 2 N–H and O–H groups in total. The van der Waals surface area contributed by atoms with E-state index in [0.29, 0.717) is 6.54 Å². The van der Waals surface area contributed by atoms with Crippen LogP contribution in [0.25, 0.3) is 0 Å². The number of aliphatic hydroxyl groups excluding tert-OH is 1. The smallest absolute Gasteiger partial charge is 0.137 e. The van der Waals surface area contributed by atoms with Gasteiger partial charge in [-0.1, -0.05) is 0 Å². The largest absolute Gasteiger partial charge is 0.391 e. The first kappa shape index (κ1) is 9.92. The number of aryl methyl sites for hydroxylation is 1. The highest BCUT2D eigenvalue weighted by atomic mass is 16.3. The van der Waals surface area contributed by atoms with Gasteiger partial charge in [0.2, 0.25) is 0 Å². The zero-order chi connectivity index (χ0) is 10.5. The summed E-state index contributed by atoms with van der Waals surface area (Å²) in [5.74, 6) is 0. The van der Waals surface area contributed by atoms with Crippen LogP contribution in [0.1, 0.15) is 12.1 Å². The lowest BCUT2D eigenvalue weighted by atomic mass is 10.1. The van der Waals surface area contributed by atoms with E-state index in [4.69, 9.17) is 0 Å². The summed E-state index contributed by atoms with van der Waals surface area (Å²) in [6.45, 7) is 0.501. The van der Waals surface area contributed by atoms with Gasteiger partial charge in [-0.3, -0.25) is 4.68 Å². The second-order valence-electron chi connectivity index (χ2n) is 3.51. The molecule has 0 aliphatic heterocycles. The van der Waals surface area contributed by atoms with Crippen LogP contribution in [0.4, 0.5) is 0 Å². The first-order valence-corrected chi connectivity index (χ1v) is 4.97. The summed E-state index contributed by atoms with van der Waals surface area (Å²) in [4.78, 5) is 6.93. The minimum absolute atomic E-state index is 0.380. The van der Waals surface area contributed by atoms with Crippen molar-refractivity contribution in [3.8, 4) is 0 Å². The Labute approximate surface area is 87.8 Å². The molecular formula is C10H14N4O. The summed E-state index contributed by atoms with van der Waals surface area (Å²) in [6, 6.07) is 3.97. The van der Waals surface area contributed by atoms with E-state index in [1.165, 1.54) is 6.33 Å². The van der Waals surface area contributed by atoms with Gasteiger partial charge in [0.05, 0.1) is 12.6 Å². The van der Waals surface area contributed by atoms with Crippen LogP contribution < -0.4 is 0 Å². The summed E-state index contributed by atoms with van der Waals surface area (Å²) in [6.07, 6.45) is 6.16. The number of nitrogens with one attached hydrogen (secondary N) is 1. The lowest BCUT2D eigenvalue weighted by molar-refractivity contribution is 0.139. The van der Waals surface area contributed by atoms with Crippen molar-refractivity contribution in [2.45, 2.75) is 25.5 Å². The summed E-state index contributed by atoms with van der Waals surface area (Å²) in [7, 11) is 0. The number of rotatable bonds is 5. The van der Waals surface area contributed by atoms with Gasteiger partial charge in [0.1, 0.15) is 12.7 Å². The molecule has 0 saturated carbocycles. The third-order valence-electron chi connectivity index (χ3n) is 2.27. The molecule has 0 radical (unpaired) electrons. The molecule has 5 heteroatoms. The number of aromatic nitrogens is 4. The van der Waals surface area contributed by atoms with Crippen LogP contribution in [0.2, 0.25) is 0 Å². The maximum atomic E-state index is 9.72. The van der Waals surface area contributed by atoms with Crippen LogP contribution in [0.3, 0.4) is 0 Å². The number of H-pyrrole nitrogens is 1. The van der Waals surface area contributed by atoms with Crippen LogP contribution in [0.5, 0.6) is 0 Å². The van der Waals surface area contributed by atoms with Crippen molar-refractivity contribution in [2.75, 3.05) is 0 Å². The van der Waals surface area contributed by atoms with Crippen molar-refractivity contribution in [3.05, 3.63) is 36.7 Å². The highest BCUT2D eigenvalue weighted by molar-refractivity contribution is 5.03. The van der Waals surface area contributed by atoms with Gasteiger partial charge in [0, 0.05) is 11.9 Å². The van der Waals surface area contributed by atoms with E-state index < -0.39 is 0 Å². The number of hydrogen-bond acceptors (Lipinski definition) is 3. The molecule has 2 aromatic rings. The molecule has 2 aromatic heterocycles. The Morgan fingerprint density at radius 2 is 2.47 bits per heavy atom. The van der Waals surface area contributed by atoms with Gasteiger partial charge in [0.15, 0.2) is 0 Å². The fourth-order valence-corrected chi connectivity index (χ4v) is 1.48. The Balaban J connectivity index is 1.76. The molecule has 0 spiro atoms. The third kappa shape index (κ3) is 2.92. The lowest BCUT2D eigenvalue weighted by Crippen LogP contribution is -2.17. The Morgan fingerprint density at radius 3 is 3.13 bits per heavy atom. The molecule has 80 valence electrons. The second kappa shape index (κ2) is 4.75. The summed E-state index contributed by atoms with van der Waals surface area (Å²) in [5, 5.41) is 13.7. The molecule has 0 amide bonds. The topological polar surface area (TPSA) is 66.7 Å². The molecule has 0 aromatic carbocycles. The van der Waals surface area contributed by atoms with Gasteiger partial charge in [-0.05, 0) is 25.0 Å². The second-order valence-corrected chi connectivity index (χ2v) is 3.51. The summed E-state index contributed by atoms with van der Waals surface area (Å²) in [5.41, 5.74) is 1.15. The normalized spacial score (nSPS) is 12.9. The summed E-state index contributed by atoms with van der Waals surface area (Å²) >= 11 is 0. The van der Waals surface area contributed by atoms with Gasteiger partial charge in [-0.25, -0.2) is 4.98 Å². The fraction of sp³-hybridized carbons (Fsp3) is 0.400. The highest BCUT2D eigenvalue weighted by Crippen LogP contribution is 2.03. The molecule has 5 nitrogen and oxygen atoms in total. The van der Waals surface area contributed by atoms with E-state index in [1.54, 1.807) is 11.0 Å². The standard InChI is InChI=1S/C10H14N4O/c15-10(6-14-8-11-7-13-14)4-3-9-2-1-5-12-9/h1-2,5,7-8,10,12,15H,3-4,6H2. The maximum absolute atomic E-state index is 9.72. The van der Waals surface area contributed by atoms with Crippen molar-refractivity contribution in [1.29, 1.82) is 0 Å². The van der Waals surface area contributed by atoms with Gasteiger partial charge in [-0.15, -0.1) is 0 Å². The Bertz CT molecular complexity index is 368. The molecule has 1 unspecified atom stereocenters. The SMILES string of the molecule is OC(CCc1ccc[nH]1)Cn1cncn1. The summed E-state index contributed by atoms with van der Waals surface area (Å²) < 4.78 is 1.64. The van der Waals surface area contributed by atoms with Gasteiger partial charge >= 0.3 is 0 Å². The average Bonchev–Trinajstić information content (AvgIpc) is 2.86. The minimum Gasteiger partial charge on any atom is -0.391 e. The van der Waals surface area contributed by atoms with Crippen molar-refractivity contribution in [3.63, 3.8) is 0 Å². The maximum Gasteiger partial charge on any atom is 0.137 e. The lowest BCUT2D eigenvalue weighted by Gasteiger charge is -2.09. The van der Waals surface area contributed by atoms with E-state index in [0.717, 1.165) is 18.5 Å². The molecule has 0 aliphatic carbocycles. The first-order valence-electron chi connectivity index (χ1n) is 4.97. The number of aliphatic hydroxyl groups is 1. The third-order valence-corrected chi connectivity index (χ3v) is 2.27. The Kier molecular flexibility index (Phi) is 3.14. The predicted octanol–water partition coefficient (Wildman–Crippen LogP) is 0.600. The van der Waals surface area contributed by atoms with Crippen LogP contribution in [-0.2, 0) is 13.0 Å². The van der Waals surface area contributed by atoms with Crippen molar-refractivity contribution >= 4 is 0 Å². The van der Waals surface area contributed by atoms with Crippen LogP contribution >= 0.6 is 0 Å². The average molecular weight is 206 g/mol. The Morgan fingerprint density at radius 1 is 1.53 bits per heavy atom. The molecule has 1 atom stereocenters. The van der Waals surface area contributed by atoms with Gasteiger partial charge in [0.25, 0.3) is 0 Å². The predicted molar refractivity (Wildman–Crippen MR) is 55.1 cm³/mol. The van der Waals surface area contributed by atoms with E-state index in [9.17, 15) is 5.11 Å². The molecule has 0 aliphatic rings. The number of aromatic amines is 1. The van der Waals surface area contributed by atoms with E-state index in [2.05, 4.69) is 15.1 Å². The van der Waals surface area contributed by atoms with E-state index >= 15 is 0 Å². The van der Waals surface area contributed by atoms with Crippen molar-refractivity contribution < 1.29 is 5.11 Å². The van der Waals surface area contributed by atoms with E-state index in [-0.39, 0.29) is 6.10 Å². The minimum atomic E-state index is -0.380. The van der Waals surface area contributed by atoms with Crippen LogP contribution in [-0.4, -0.2) is 31.0 Å². The fourth-order valence-electron chi connectivity index (χ4n) is 1.48. The highest BCUT2D eigenvalue weighted by Gasteiger charge is 2.06. The van der Waals surface area contributed by atoms with Crippen molar-refractivity contribution in [2.24, 2.45) is 0 Å². The first-order chi connectivity index (χ1) is 7.34. The molecule has 2 rings (SSSR count). The zero-order valence-electron chi connectivity index (χ0n) is 8.37. The van der Waals surface area contributed by atoms with Crippen LogP contribution in [0.15, 0.2) is 31.0 Å². The molecular weight excluding hydrogens is 192 g/mol. The van der Waals surface area contributed by atoms with Gasteiger partial charge < -0.3 is 10.1 Å². The Hall–Kier alpha value is -1.62. The number of hydrogen-bond donors (Lipinski definition) is 2. The van der Waals surface area contributed by atoms with E-state index in [1.807, 2.05) is 18.3 Å². The van der Waals surface area contributed by atoms with Crippen LogP contribution in [0, 0.1) is 0 Å². The molecule has 2 heterocycles. The molecule has 0 fully saturated rings. The monoisotopic (exact) mass is 206 g/mol. The van der Waals surface area contributed by atoms with Gasteiger partial charge in [-0.2, -0.15) is 5.10 Å². The quantitative estimate of drug-likeness (QED) is 0.752.